The van der Waals surface area contributed by atoms with E-state index in [2.05, 4.69) is 10.4 Å². The molecular formula is C17H15N3O3. The van der Waals surface area contributed by atoms with Crippen LogP contribution in [0, 0.1) is 0 Å². The van der Waals surface area contributed by atoms with E-state index >= 15 is 0 Å². The topological polar surface area (TPSA) is 65.4 Å². The normalized spacial score (nSPS) is 12.5. The summed E-state index contributed by atoms with van der Waals surface area (Å²) in [6.07, 6.45) is 2.16. The van der Waals surface area contributed by atoms with E-state index < -0.39 is 0 Å². The van der Waals surface area contributed by atoms with Crippen LogP contribution in [0.1, 0.15) is 6.42 Å². The molecule has 116 valence electrons. The van der Waals surface area contributed by atoms with E-state index in [1.807, 2.05) is 35.1 Å². The molecule has 4 rings (SSSR count). The maximum absolute atomic E-state index is 12.1. The summed E-state index contributed by atoms with van der Waals surface area (Å²) in [5.74, 6) is 1.29. The van der Waals surface area contributed by atoms with Crippen molar-refractivity contribution < 1.29 is 14.3 Å². The first-order chi connectivity index (χ1) is 11.3. The second kappa shape index (κ2) is 5.64. The number of carbonyl (C=O) groups is 1. The van der Waals surface area contributed by atoms with Gasteiger partial charge in [0.1, 0.15) is 0 Å². The fourth-order valence-electron chi connectivity index (χ4n) is 2.61. The Kier molecular flexibility index (Phi) is 3.34. The highest BCUT2D eigenvalue weighted by Crippen LogP contribution is 2.34. The Labute approximate surface area is 132 Å². The SMILES string of the molecule is O=C(CCn1ncc2ccccc21)Nc1ccc2c(c1)OCO2. The molecule has 0 bridgehead atoms. The lowest BCUT2D eigenvalue weighted by atomic mass is 10.2. The maximum atomic E-state index is 12.1. The summed E-state index contributed by atoms with van der Waals surface area (Å²) in [5, 5.41) is 8.26. The molecule has 1 amide bonds. The second-order valence-corrected chi connectivity index (χ2v) is 5.29. The summed E-state index contributed by atoms with van der Waals surface area (Å²) >= 11 is 0. The van der Waals surface area contributed by atoms with Gasteiger partial charge in [0.25, 0.3) is 0 Å². The molecule has 0 aliphatic carbocycles. The second-order valence-electron chi connectivity index (χ2n) is 5.29. The van der Waals surface area contributed by atoms with Crippen molar-refractivity contribution in [3.8, 4) is 11.5 Å². The highest BCUT2D eigenvalue weighted by molar-refractivity contribution is 5.91. The van der Waals surface area contributed by atoms with Gasteiger partial charge in [0.2, 0.25) is 12.7 Å². The van der Waals surface area contributed by atoms with Crippen molar-refractivity contribution in [1.29, 1.82) is 0 Å². The molecule has 2 aromatic carbocycles. The monoisotopic (exact) mass is 309 g/mol. The predicted octanol–water partition coefficient (Wildman–Crippen LogP) is 2.79. The van der Waals surface area contributed by atoms with Crippen LogP contribution in [0.4, 0.5) is 5.69 Å². The van der Waals surface area contributed by atoms with Gasteiger partial charge in [-0.1, -0.05) is 18.2 Å². The van der Waals surface area contributed by atoms with Crippen LogP contribution < -0.4 is 14.8 Å². The molecule has 23 heavy (non-hydrogen) atoms. The molecule has 3 aromatic rings. The summed E-state index contributed by atoms with van der Waals surface area (Å²) in [6.45, 7) is 0.753. The van der Waals surface area contributed by atoms with Gasteiger partial charge in [-0.3, -0.25) is 9.48 Å². The minimum atomic E-state index is -0.0663. The van der Waals surface area contributed by atoms with Crippen molar-refractivity contribution in [3.05, 3.63) is 48.7 Å². The predicted molar refractivity (Wildman–Crippen MR) is 85.5 cm³/mol. The Hall–Kier alpha value is -3.02. The minimum Gasteiger partial charge on any atom is -0.454 e. The quantitative estimate of drug-likeness (QED) is 0.805. The van der Waals surface area contributed by atoms with Crippen LogP contribution in [0.2, 0.25) is 0 Å². The number of anilines is 1. The van der Waals surface area contributed by atoms with Gasteiger partial charge >= 0.3 is 0 Å². The lowest BCUT2D eigenvalue weighted by Gasteiger charge is -2.07. The molecule has 1 N–H and O–H groups in total. The first kappa shape index (κ1) is 13.6. The van der Waals surface area contributed by atoms with Crippen molar-refractivity contribution in [3.63, 3.8) is 0 Å². The molecule has 0 atom stereocenters. The molecule has 2 heterocycles. The minimum absolute atomic E-state index is 0.0663. The summed E-state index contributed by atoms with van der Waals surface area (Å²) in [5.41, 5.74) is 1.73. The van der Waals surface area contributed by atoms with E-state index in [4.69, 9.17) is 9.47 Å². The summed E-state index contributed by atoms with van der Waals surface area (Å²) in [4.78, 5) is 12.1. The van der Waals surface area contributed by atoms with E-state index in [0.717, 1.165) is 10.9 Å². The van der Waals surface area contributed by atoms with E-state index in [1.165, 1.54) is 0 Å². The Morgan fingerprint density at radius 3 is 3.00 bits per heavy atom. The number of ether oxygens (including phenoxy) is 2. The van der Waals surface area contributed by atoms with Crippen LogP contribution in [-0.4, -0.2) is 22.5 Å². The standard InChI is InChI=1S/C17H15N3O3/c21-17(19-13-5-6-15-16(9-13)23-11-22-15)7-8-20-14-4-2-1-3-12(14)10-18-20/h1-6,9-10H,7-8,11H2,(H,19,21). The first-order valence-corrected chi connectivity index (χ1v) is 7.40. The number of hydrogen-bond donors (Lipinski definition) is 1. The first-order valence-electron chi connectivity index (χ1n) is 7.40. The van der Waals surface area contributed by atoms with E-state index in [1.54, 1.807) is 18.2 Å². The van der Waals surface area contributed by atoms with Crippen molar-refractivity contribution in [2.75, 3.05) is 12.1 Å². The van der Waals surface area contributed by atoms with Gasteiger partial charge in [0, 0.05) is 23.6 Å². The molecule has 0 radical (unpaired) electrons. The zero-order chi connectivity index (χ0) is 15.6. The third-order valence-corrected chi connectivity index (χ3v) is 3.76. The van der Waals surface area contributed by atoms with Crippen molar-refractivity contribution in [2.24, 2.45) is 0 Å². The van der Waals surface area contributed by atoms with Crippen LogP contribution in [0.25, 0.3) is 10.9 Å². The van der Waals surface area contributed by atoms with E-state index in [0.29, 0.717) is 30.2 Å². The van der Waals surface area contributed by atoms with Crippen LogP contribution in [0.15, 0.2) is 48.7 Å². The summed E-state index contributed by atoms with van der Waals surface area (Å²) in [6, 6.07) is 13.3. The van der Waals surface area contributed by atoms with Gasteiger partial charge in [-0.25, -0.2) is 0 Å². The van der Waals surface area contributed by atoms with Crippen molar-refractivity contribution in [1.82, 2.24) is 9.78 Å². The third-order valence-electron chi connectivity index (χ3n) is 3.76. The zero-order valence-electron chi connectivity index (χ0n) is 12.4. The number of hydrogen-bond acceptors (Lipinski definition) is 4. The number of aromatic nitrogens is 2. The molecule has 1 aliphatic rings. The maximum Gasteiger partial charge on any atom is 0.231 e. The Morgan fingerprint density at radius 1 is 1.17 bits per heavy atom. The highest BCUT2D eigenvalue weighted by atomic mass is 16.7. The largest absolute Gasteiger partial charge is 0.454 e. The molecule has 0 unspecified atom stereocenters. The third kappa shape index (κ3) is 2.70. The van der Waals surface area contributed by atoms with Crippen LogP contribution in [0.5, 0.6) is 11.5 Å². The van der Waals surface area contributed by atoms with E-state index in [9.17, 15) is 4.79 Å². The lowest BCUT2D eigenvalue weighted by molar-refractivity contribution is -0.116. The molecule has 0 spiro atoms. The molecular weight excluding hydrogens is 294 g/mol. The summed E-state index contributed by atoms with van der Waals surface area (Å²) in [7, 11) is 0. The van der Waals surface area contributed by atoms with Crippen LogP contribution >= 0.6 is 0 Å². The van der Waals surface area contributed by atoms with Gasteiger partial charge in [-0.15, -0.1) is 0 Å². The molecule has 1 aliphatic heterocycles. The number of carbonyl (C=O) groups excluding carboxylic acids is 1. The number of nitrogens with zero attached hydrogens (tertiary/aromatic N) is 2. The Morgan fingerprint density at radius 2 is 2.04 bits per heavy atom. The fraction of sp³-hybridized carbons (Fsp3) is 0.176. The molecule has 0 saturated heterocycles. The number of nitrogens with one attached hydrogen (secondary N) is 1. The van der Waals surface area contributed by atoms with Crippen LogP contribution in [-0.2, 0) is 11.3 Å². The number of aryl methyl sites for hydroxylation is 1. The molecule has 0 saturated carbocycles. The van der Waals surface area contributed by atoms with E-state index in [-0.39, 0.29) is 12.7 Å². The van der Waals surface area contributed by atoms with Gasteiger partial charge < -0.3 is 14.8 Å². The van der Waals surface area contributed by atoms with Crippen LogP contribution in [0.3, 0.4) is 0 Å². The molecule has 1 aromatic heterocycles. The van der Waals surface area contributed by atoms with Gasteiger partial charge in [0.15, 0.2) is 11.5 Å². The number of amides is 1. The van der Waals surface area contributed by atoms with Gasteiger partial charge in [-0.05, 0) is 18.2 Å². The average molecular weight is 309 g/mol. The number of para-hydroxylation sites is 1. The van der Waals surface area contributed by atoms with Crippen molar-refractivity contribution in [2.45, 2.75) is 13.0 Å². The highest BCUT2D eigenvalue weighted by Gasteiger charge is 2.14. The molecule has 6 heteroatoms. The molecule has 0 fully saturated rings. The zero-order valence-corrected chi connectivity index (χ0v) is 12.4. The average Bonchev–Trinajstić information content (AvgIpc) is 3.19. The fourth-order valence-corrected chi connectivity index (χ4v) is 2.61. The van der Waals surface area contributed by atoms with Gasteiger partial charge in [0.05, 0.1) is 18.3 Å². The Balaban J connectivity index is 1.40. The number of fused-ring (bicyclic) bond motifs is 2. The number of rotatable bonds is 4. The molecule has 6 nitrogen and oxygen atoms in total. The lowest BCUT2D eigenvalue weighted by Crippen LogP contribution is -2.14. The number of benzene rings is 2. The Bertz CT molecular complexity index is 872. The van der Waals surface area contributed by atoms with Crippen molar-refractivity contribution >= 4 is 22.5 Å². The summed E-state index contributed by atoms with van der Waals surface area (Å²) < 4.78 is 12.4. The smallest absolute Gasteiger partial charge is 0.231 e. The van der Waals surface area contributed by atoms with Gasteiger partial charge in [-0.2, -0.15) is 5.10 Å².